The van der Waals surface area contributed by atoms with Gasteiger partial charge in [-0.15, -0.1) is 11.3 Å². The van der Waals surface area contributed by atoms with Gasteiger partial charge in [-0.05, 0) is 43.8 Å². The highest BCUT2D eigenvalue weighted by molar-refractivity contribution is 7.07. The number of aromatic nitrogens is 1. The minimum atomic E-state index is -0.716. The van der Waals surface area contributed by atoms with Gasteiger partial charge in [-0.2, -0.15) is 0 Å². The molecule has 8 heteroatoms. The molecular weight excluding hydrogens is 437 g/mol. The van der Waals surface area contributed by atoms with Gasteiger partial charge in [0.15, 0.2) is 0 Å². The zero-order chi connectivity index (χ0) is 21.8. The van der Waals surface area contributed by atoms with Crippen molar-refractivity contribution in [3.63, 3.8) is 0 Å². The predicted molar refractivity (Wildman–Crippen MR) is 120 cm³/mol. The number of carbonyl (C=O) groups excluding carboxylic acids is 1. The summed E-state index contributed by atoms with van der Waals surface area (Å²) in [6.07, 6.45) is 0.117. The molecule has 31 heavy (non-hydrogen) atoms. The quantitative estimate of drug-likeness (QED) is 0.432. The van der Waals surface area contributed by atoms with Crippen molar-refractivity contribution in [3.05, 3.63) is 81.5 Å². The highest BCUT2D eigenvalue weighted by Gasteiger charge is 2.51. The second-order valence-corrected chi connectivity index (χ2v) is 8.71. The average molecular weight is 460 g/mol. The van der Waals surface area contributed by atoms with E-state index in [1.165, 1.54) is 35.1 Å². The van der Waals surface area contributed by atoms with Crippen LogP contribution in [0.2, 0.25) is 5.02 Å². The molecular formula is C23H23ClFN3O2S. The Morgan fingerprint density at radius 3 is 2.77 bits per heavy atom. The summed E-state index contributed by atoms with van der Waals surface area (Å²) in [4.78, 5) is 21.3. The lowest BCUT2D eigenvalue weighted by Gasteiger charge is -2.46. The number of hydrogen-bond donors (Lipinski definition) is 0. The van der Waals surface area contributed by atoms with Crippen LogP contribution >= 0.6 is 22.9 Å². The van der Waals surface area contributed by atoms with Crippen LogP contribution in [0.15, 0.2) is 59.4 Å². The van der Waals surface area contributed by atoms with Crippen LogP contribution in [0.1, 0.15) is 23.7 Å². The lowest BCUT2D eigenvalue weighted by atomic mass is 9.94. The monoisotopic (exact) mass is 459 g/mol. The maximum Gasteiger partial charge on any atom is 0.266 e. The van der Waals surface area contributed by atoms with Crippen LogP contribution < -0.4 is 4.74 Å². The van der Waals surface area contributed by atoms with Gasteiger partial charge < -0.3 is 14.5 Å². The number of β-lactam (4-membered cyclic amide) rings is 1. The van der Waals surface area contributed by atoms with Gasteiger partial charge in [0.1, 0.15) is 17.6 Å². The summed E-state index contributed by atoms with van der Waals surface area (Å²) in [5, 5.41) is 2.07. The van der Waals surface area contributed by atoms with Crippen LogP contribution in [-0.2, 0) is 11.3 Å². The minimum absolute atomic E-state index is 0.107. The Bertz CT molecular complexity index is 1020. The minimum Gasteiger partial charge on any atom is -0.476 e. The number of hydrogen-bond acceptors (Lipinski definition) is 5. The third-order valence-corrected chi connectivity index (χ3v) is 6.19. The smallest absolute Gasteiger partial charge is 0.266 e. The highest BCUT2D eigenvalue weighted by Crippen LogP contribution is 2.39. The number of thiazole rings is 1. The Balaban J connectivity index is 1.37. The van der Waals surface area contributed by atoms with E-state index in [1.807, 2.05) is 23.6 Å². The molecule has 1 aliphatic heterocycles. The second kappa shape index (κ2) is 9.77. The number of halogens is 2. The zero-order valence-electron chi connectivity index (χ0n) is 17.1. The first kappa shape index (κ1) is 21.7. The van der Waals surface area contributed by atoms with Crippen molar-refractivity contribution in [3.8, 4) is 5.75 Å². The summed E-state index contributed by atoms with van der Waals surface area (Å²) >= 11 is 7.56. The van der Waals surface area contributed by atoms with E-state index in [-0.39, 0.29) is 17.0 Å². The van der Waals surface area contributed by atoms with Crippen molar-refractivity contribution in [2.75, 3.05) is 20.1 Å². The van der Waals surface area contributed by atoms with E-state index in [2.05, 4.69) is 29.1 Å². The van der Waals surface area contributed by atoms with Crippen molar-refractivity contribution in [2.45, 2.75) is 25.1 Å². The lowest BCUT2D eigenvalue weighted by molar-refractivity contribution is -0.164. The first-order valence-corrected chi connectivity index (χ1v) is 11.4. The standard InChI is InChI=1S/C23H23ClFN3O2S/c1-27(13-16-6-3-2-4-7-16)10-5-11-28-21(19-14-31-15-26-19)22(23(28)29)30-20-9-8-17(25)12-18(20)24/h2-4,6-9,12,14-15,21-22H,5,10-11,13H2,1H3/t21-,22-/m0/s1. The fourth-order valence-corrected chi connectivity index (χ4v) is 4.55. The molecule has 5 nitrogen and oxygen atoms in total. The van der Waals surface area contributed by atoms with Crippen LogP contribution in [0.4, 0.5) is 4.39 Å². The topological polar surface area (TPSA) is 45.7 Å². The summed E-state index contributed by atoms with van der Waals surface area (Å²) in [5.74, 6) is -0.261. The summed E-state index contributed by atoms with van der Waals surface area (Å²) < 4.78 is 19.2. The van der Waals surface area contributed by atoms with Gasteiger partial charge in [-0.1, -0.05) is 41.9 Å². The molecule has 1 aliphatic rings. The second-order valence-electron chi connectivity index (χ2n) is 7.58. The van der Waals surface area contributed by atoms with Gasteiger partial charge in [0, 0.05) is 18.5 Å². The average Bonchev–Trinajstić information content (AvgIpc) is 3.27. The SMILES string of the molecule is CN(CCCN1C(=O)[C@@H](Oc2ccc(F)cc2Cl)[C@@H]1c1cscn1)Cc1ccccc1. The number of carbonyl (C=O) groups is 1. The molecule has 1 fully saturated rings. The maximum atomic E-state index is 13.3. The summed E-state index contributed by atoms with van der Waals surface area (Å²) in [6, 6.07) is 13.9. The molecule has 0 unspecified atom stereocenters. The Labute approximate surface area is 190 Å². The summed E-state index contributed by atoms with van der Waals surface area (Å²) in [6.45, 7) is 2.33. The van der Waals surface area contributed by atoms with Crippen molar-refractivity contribution < 1.29 is 13.9 Å². The molecule has 1 aromatic heterocycles. The van der Waals surface area contributed by atoms with E-state index in [9.17, 15) is 9.18 Å². The molecule has 2 heterocycles. The van der Waals surface area contributed by atoms with Crippen molar-refractivity contribution in [1.82, 2.24) is 14.8 Å². The number of benzene rings is 2. The van der Waals surface area contributed by atoms with Crippen LogP contribution in [-0.4, -0.2) is 46.9 Å². The molecule has 0 aliphatic carbocycles. The molecule has 3 aromatic rings. The molecule has 2 atom stereocenters. The largest absolute Gasteiger partial charge is 0.476 e. The predicted octanol–water partition coefficient (Wildman–Crippen LogP) is 4.79. The number of ether oxygens (including phenoxy) is 1. The molecule has 4 rings (SSSR count). The summed E-state index contributed by atoms with van der Waals surface area (Å²) in [7, 11) is 2.07. The Kier molecular flexibility index (Phi) is 6.85. The van der Waals surface area contributed by atoms with E-state index >= 15 is 0 Å². The first-order valence-electron chi connectivity index (χ1n) is 10.1. The van der Waals surface area contributed by atoms with E-state index in [0.29, 0.717) is 12.3 Å². The van der Waals surface area contributed by atoms with Gasteiger partial charge in [-0.25, -0.2) is 9.37 Å². The van der Waals surface area contributed by atoms with Gasteiger partial charge in [0.25, 0.3) is 5.91 Å². The number of likely N-dealkylation sites (tertiary alicyclic amines) is 1. The molecule has 0 spiro atoms. The van der Waals surface area contributed by atoms with E-state index < -0.39 is 11.9 Å². The molecule has 0 radical (unpaired) electrons. The fourth-order valence-electron chi connectivity index (χ4n) is 3.76. The van der Waals surface area contributed by atoms with Crippen LogP contribution in [0.3, 0.4) is 0 Å². The van der Waals surface area contributed by atoms with Crippen molar-refractivity contribution in [1.29, 1.82) is 0 Å². The molecule has 0 N–H and O–H groups in total. The number of amides is 1. The molecule has 162 valence electrons. The normalized spacial score (nSPS) is 18.3. The Morgan fingerprint density at radius 1 is 1.26 bits per heavy atom. The fraction of sp³-hybridized carbons (Fsp3) is 0.304. The summed E-state index contributed by atoms with van der Waals surface area (Å²) in [5.41, 5.74) is 3.80. The van der Waals surface area contributed by atoms with E-state index in [4.69, 9.17) is 16.3 Å². The first-order chi connectivity index (χ1) is 15.0. The zero-order valence-corrected chi connectivity index (χ0v) is 18.7. The van der Waals surface area contributed by atoms with Gasteiger partial charge >= 0.3 is 0 Å². The molecule has 1 amide bonds. The van der Waals surface area contributed by atoms with Crippen LogP contribution in [0, 0.1) is 5.82 Å². The molecule has 1 saturated heterocycles. The molecule has 2 aromatic carbocycles. The number of nitrogens with zero attached hydrogens (tertiary/aromatic N) is 3. The Hall–Kier alpha value is -2.48. The molecule has 0 saturated carbocycles. The maximum absolute atomic E-state index is 13.3. The third-order valence-electron chi connectivity index (χ3n) is 5.29. The van der Waals surface area contributed by atoms with E-state index in [0.717, 1.165) is 25.2 Å². The highest BCUT2D eigenvalue weighted by atomic mass is 35.5. The Morgan fingerprint density at radius 2 is 2.06 bits per heavy atom. The number of rotatable bonds is 9. The lowest BCUT2D eigenvalue weighted by Crippen LogP contribution is -2.61. The van der Waals surface area contributed by atoms with Crippen LogP contribution in [0.25, 0.3) is 0 Å². The molecule has 0 bridgehead atoms. The third kappa shape index (κ3) is 5.06. The van der Waals surface area contributed by atoms with Crippen molar-refractivity contribution >= 4 is 28.8 Å². The van der Waals surface area contributed by atoms with Gasteiger partial charge in [0.2, 0.25) is 6.10 Å². The van der Waals surface area contributed by atoms with Gasteiger partial charge in [0.05, 0.1) is 16.2 Å². The van der Waals surface area contributed by atoms with E-state index in [1.54, 1.807) is 10.4 Å². The van der Waals surface area contributed by atoms with Gasteiger partial charge in [-0.3, -0.25) is 4.79 Å². The van der Waals surface area contributed by atoms with Crippen molar-refractivity contribution in [2.24, 2.45) is 0 Å². The van der Waals surface area contributed by atoms with Crippen LogP contribution in [0.5, 0.6) is 5.75 Å².